The fourth-order valence-electron chi connectivity index (χ4n) is 1.03. The third kappa shape index (κ3) is 7.23. The molecule has 0 aromatic heterocycles. The highest BCUT2D eigenvalue weighted by Crippen LogP contribution is 2.09. The fraction of sp³-hybridized carbons (Fsp3) is 0.818. The molecule has 0 aliphatic heterocycles. The molecule has 16 heavy (non-hydrogen) atoms. The number of carbonyl (C=O) groups excluding carboxylic acids is 2. The summed E-state index contributed by atoms with van der Waals surface area (Å²) in [5.74, 6) is -0.482. The molecule has 0 saturated carbocycles. The maximum absolute atomic E-state index is 11.3. The summed E-state index contributed by atoms with van der Waals surface area (Å²) in [7, 11) is 0. The number of ether oxygens (including phenoxy) is 2. The Labute approximate surface area is 96.3 Å². The third-order valence-corrected chi connectivity index (χ3v) is 1.60. The molecule has 2 N–H and O–H groups in total. The van der Waals surface area contributed by atoms with Gasteiger partial charge in [-0.15, -0.1) is 0 Å². The fourth-order valence-corrected chi connectivity index (χ4v) is 1.03. The van der Waals surface area contributed by atoms with Crippen molar-refractivity contribution in [1.29, 1.82) is 0 Å². The van der Waals surface area contributed by atoms with E-state index < -0.39 is 23.8 Å². The standard InChI is InChI=1S/C11H21NO4/c1-7(2)6-8(12)9(13)15-10(14)16-11(3,4)5/h7-8H,6,12H2,1-5H3/t8-/m1/s1. The smallest absolute Gasteiger partial charge is 0.428 e. The molecule has 0 spiro atoms. The second-order valence-electron chi connectivity index (χ2n) is 5.12. The molecule has 0 heterocycles. The first-order valence-corrected chi connectivity index (χ1v) is 5.32. The van der Waals surface area contributed by atoms with Gasteiger partial charge in [-0.25, -0.2) is 9.59 Å². The molecule has 0 aromatic rings. The molecule has 0 aliphatic carbocycles. The zero-order chi connectivity index (χ0) is 12.9. The van der Waals surface area contributed by atoms with Gasteiger partial charge >= 0.3 is 12.1 Å². The van der Waals surface area contributed by atoms with E-state index in [0.29, 0.717) is 6.42 Å². The monoisotopic (exact) mass is 231 g/mol. The molecule has 5 heteroatoms. The van der Waals surface area contributed by atoms with Gasteiger partial charge in [0.2, 0.25) is 0 Å². The maximum Gasteiger partial charge on any atom is 0.516 e. The average Bonchev–Trinajstić information content (AvgIpc) is 1.98. The maximum atomic E-state index is 11.3. The number of hydrogen-bond donors (Lipinski definition) is 1. The summed E-state index contributed by atoms with van der Waals surface area (Å²) in [5, 5.41) is 0. The van der Waals surface area contributed by atoms with Gasteiger partial charge in [0.05, 0.1) is 0 Å². The number of hydrogen-bond acceptors (Lipinski definition) is 5. The van der Waals surface area contributed by atoms with Gasteiger partial charge in [0.15, 0.2) is 0 Å². The number of esters is 1. The van der Waals surface area contributed by atoms with Gasteiger partial charge in [0.25, 0.3) is 0 Å². The molecule has 0 aromatic carbocycles. The van der Waals surface area contributed by atoms with Crippen molar-refractivity contribution in [1.82, 2.24) is 0 Å². The first kappa shape index (κ1) is 14.9. The Kier molecular flexibility index (Phi) is 5.44. The Morgan fingerprint density at radius 1 is 1.25 bits per heavy atom. The Morgan fingerprint density at radius 3 is 2.12 bits per heavy atom. The second kappa shape index (κ2) is 5.84. The number of carbonyl (C=O) groups is 2. The van der Waals surface area contributed by atoms with E-state index in [0.717, 1.165) is 0 Å². The van der Waals surface area contributed by atoms with E-state index in [2.05, 4.69) is 4.74 Å². The molecule has 0 saturated heterocycles. The minimum atomic E-state index is -1.00. The molecule has 0 amide bonds. The first-order valence-electron chi connectivity index (χ1n) is 5.32. The largest absolute Gasteiger partial charge is 0.516 e. The number of nitrogens with two attached hydrogens (primary N) is 1. The van der Waals surface area contributed by atoms with E-state index in [9.17, 15) is 9.59 Å². The summed E-state index contributed by atoms with van der Waals surface area (Å²) in [6.45, 7) is 8.92. The summed E-state index contributed by atoms with van der Waals surface area (Å²) in [6.07, 6.45) is -0.529. The average molecular weight is 231 g/mol. The summed E-state index contributed by atoms with van der Waals surface area (Å²) in [4.78, 5) is 22.5. The molecule has 5 nitrogen and oxygen atoms in total. The summed E-state index contributed by atoms with van der Waals surface area (Å²) >= 11 is 0. The lowest BCUT2D eigenvalue weighted by Gasteiger charge is -2.19. The van der Waals surface area contributed by atoms with Crippen LogP contribution < -0.4 is 5.73 Å². The molecule has 1 atom stereocenters. The topological polar surface area (TPSA) is 78.6 Å². The predicted octanol–water partition coefficient (Wildman–Crippen LogP) is 1.84. The van der Waals surface area contributed by atoms with Crippen LogP contribution in [0.5, 0.6) is 0 Å². The first-order chi connectivity index (χ1) is 7.11. The minimum absolute atomic E-state index is 0.265. The molecule has 0 bridgehead atoms. The minimum Gasteiger partial charge on any atom is -0.428 e. The zero-order valence-electron chi connectivity index (χ0n) is 10.6. The van der Waals surface area contributed by atoms with Crippen molar-refractivity contribution in [2.24, 2.45) is 11.7 Å². The third-order valence-electron chi connectivity index (χ3n) is 1.60. The van der Waals surface area contributed by atoms with Gasteiger partial charge in [0.1, 0.15) is 11.6 Å². The highest BCUT2D eigenvalue weighted by molar-refractivity contribution is 5.85. The van der Waals surface area contributed by atoms with Crippen LogP contribution in [0.3, 0.4) is 0 Å². The van der Waals surface area contributed by atoms with E-state index in [1.165, 1.54) is 0 Å². The van der Waals surface area contributed by atoms with Crippen molar-refractivity contribution < 1.29 is 19.1 Å². The van der Waals surface area contributed by atoms with E-state index in [1.807, 2.05) is 13.8 Å². The van der Waals surface area contributed by atoms with Crippen LogP contribution in [0.15, 0.2) is 0 Å². The van der Waals surface area contributed by atoms with Crippen LogP contribution in [-0.2, 0) is 14.3 Å². The van der Waals surface area contributed by atoms with E-state index >= 15 is 0 Å². The van der Waals surface area contributed by atoms with Gasteiger partial charge in [-0.1, -0.05) is 13.8 Å². The van der Waals surface area contributed by atoms with Crippen molar-refractivity contribution in [3.8, 4) is 0 Å². The summed E-state index contributed by atoms with van der Waals surface area (Å²) in [6, 6.07) is -0.785. The van der Waals surface area contributed by atoms with E-state index in [-0.39, 0.29) is 5.92 Å². The summed E-state index contributed by atoms with van der Waals surface area (Å²) < 4.78 is 9.29. The lowest BCUT2D eigenvalue weighted by atomic mass is 10.1. The normalized spacial score (nSPS) is 13.4. The van der Waals surface area contributed by atoms with Crippen LogP contribution in [0, 0.1) is 5.92 Å². The van der Waals surface area contributed by atoms with Gasteiger partial charge in [0, 0.05) is 0 Å². The molecular weight excluding hydrogens is 210 g/mol. The quantitative estimate of drug-likeness (QED) is 0.592. The van der Waals surface area contributed by atoms with Crippen LogP contribution in [0.4, 0.5) is 4.79 Å². The van der Waals surface area contributed by atoms with Crippen LogP contribution in [0.1, 0.15) is 41.0 Å². The van der Waals surface area contributed by atoms with Gasteiger partial charge < -0.3 is 15.2 Å². The molecular formula is C11H21NO4. The Hall–Kier alpha value is -1.10. The van der Waals surface area contributed by atoms with Crippen molar-refractivity contribution in [3.63, 3.8) is 0 Å². The van der Waals surface area contributed by atoms with E-state index in [4.69, 9.17) is 10.5 Å². The molecule has 94 valence electrons. The van der Waals surface area contributed by atoms with E-state index in [1.54, 1.807) is 20.8 Å². The van der Waals surface area contributed by atoms with Crippen molar-refractivity contribution in [3.05, 3.63) is 0 Å². The van der Waals surface area contributed by atoms with Crippen molar-refractivity contribution in [2.45, 2.75) is 52.7 Å². The Morgan fingerprint density at radius 2 is 1.75 bits per heavy atom. The van der Waals surface area contributed by atoms with Gasteiger partial charge in [-0.3, -0.25) is 0 Å². The van der Waals surface area contributed by atoms with Crippen LogP contribution in [0.2, 0.25) is 0 Å². The van der Waals surface area contributed by atoms with Crippen LogP contribution >= 0.6 is 0 Å². The van der Waals surface area contributed by atoms with Gasteiger partial charge in [-0.05, 0) is 33.1 Å². The lowest BCUT2D eigenvalue weighted by molar-refractivity contribution is -0.143. The van der Waals surface area contributed by atoms with Crippen LogP contribution in [0.25, 0.3) is 0 Å². The van der Waals surface area contributed by atoms with Crippen molar-refractivity contribution >= 4 is 12.1 Å². The molecule has 0 aliphatic rings. The van der Waals surface area contributed by atoms with Crippen molar-refractivity contribution in [2.75, 3.05) is 0 Å². The highest BCUT2D eigenvalue weighted by Gasteiger charge is 2.24. The lowest BCUT2D eigenvalue weighted by Crippen LogP contribution is -2.36. The molecule has 0 radical (unpaired) electrons. The van der Waals surface area contributed by atoms with Crippen LogP contribution in [-0.4, -0.2) is 23.8 Å². The Balaban J connectivity index is 4.10. The SMILES string of the molecule is CC(C)C[C@@H](N)C(=O)OC(=O)OC(C)(C)C. The Bertz CT molecular complexity index is 255. The summed E-state index contributed by atoms with van der Waals surface area (Å²) in [5.41, 5.74) is 4.87. The van der Waals surface area contributed by atoms with Gasteiger partial charge in [-0.2, -0.15) is 0 Å². The second-order valence-corrected chi connectivity index (χ2v) is 5.12. The zero-order valence-corrected chi connectivity index (χ0v) is 10.6. The molecule has 0 unspecified atom stereocenters. The molecule has 0 fully saturated rings. The predicted molar refractivity (Wildman–Crippen MR) is 59.8 cm³/mol. The highest BCUT2D eigenvalue weighted by atomic mass is 16.7. The number of rotatable bonds is 3. The molecule has 0 rings (SSSR count).